The lowest BCUT2D eigenvalue weighted by Crippen LogP contribution is -2.49. The molecule has 2 amide bonds. The lowest BCUT2D eigenvalue weighted by Gasteiger charge is -2.44. The summed E-state index contributed by atoms with van der Waals surface area (Å²) in [6.07, 6.45) is 3.11. The number of cyclic esters (lactones) is 2. The molecule has 9 nitrogen and oxygen atoms in total. The van der Waals surface area contributed by atoms with Crippen molar-refractivity contribution in [3.63, 3.8) is 0 Å². The third-order valence-electron chi connectivity index (χ3n) is 13.1. The topological polar surface area (TPSA) is 120 Å². The minimum atomic E-state index is -0.750. The average Bonchev–Trinajstić information content (AvgIpc) is 3.86. The number of hydrogen-bond donors (Lipinski definition) is 3. The van der Waals surface area contributed by atoms with E-state index in [1.165, 1.54) is 12.1 Å². The van der Waals surface area contributed by atoms with E-state index in [9.17, 15) is 33.7 Å². The predicted octanol–water partition coefficient (Wildman–Crippen LogP) is 12.6. The smallest absolute Gasteiger partial charge is 0.411 e. The van der Waals surface area contributed by atoms with Crippen LogP contribution in [0.1, 0.15) is 111 Å². The molecule has 3 N–H and O–H groups in total. The third kappa shape index (κ3) is 11.3. The molecule has 0 spiro atoms. The molecule has 3 heterocycles. The zero-order chi connectivity index (χ0) is 47.6. The summed E-state index contributed by atoms with van der Waals surface area (Å²) in [4.78, 5) is 32.0. The summed E-state index contributed by atoms with van der Waals surface area (Å²) in [5.74, 6) is -1.22. The number of carbonyl (C=O) groups excluding carboxylic acids is 2. The molecule has 2 saturated heterocycles. The monoisotopic (exact) mass is 930 g/mol. The molecule has 1 aromatic heterocycles. The number of hydrogen-bond acceptors (Lipinski definition) is 8. The molecule has 5 unspecified atom stereocenters. The number of aliphatic hydroxyl groups is 3. The molecule has 6 aromatic rings. The minimum absolute atomic E-state index is 0.0361. The van der Waals surface area contributed by atoms with Crippen molar-refractivity contribution in [1.29, 1.82) is 0 Å². The number of halogens is 2. The Bertz CT molecular complexity index is 2540. The van der Waals surface area contributed by atoms with Gasteiger partial charge in [0.15, 0.2) is 0 Å². The first kappa shape index (κ1) is 49.0. The summed E-state index contributed by atoms with van der Waals surface area (Å²) < 4.78 is 39.6. The Morgan fingerprint density at radius 2 is 1.18 bits per heavy atom. The lowest BCUT2D eigenvalue weighted by molar-refractivity contribution is -0.0698. The fourth-order valence-corrected chi connectivity index (χ4v) is 10.3. The van der Waals surface area contributed by atoms with Gasteiger partial charge >= 0.3 is 12.2 Å². The van der Waals surface area contributed by atoms with E-state index >= 15 is 0 Å². The van der Waals surface area contributed by atoms with Crippen LogP contribution in [0.15, 0.2) is 140 Å². The van der Waals surface area contributed by atoms with Crippen molar-refractivity contribution in [2.75, 3.05) is 26.3 Å². The molecule has 5 atom stereocenters. The number of carbonyl (C=O) groups is 2. The molecule has 0 aliphatic carbocycles. The zero-order valence-corrected chi connectivity index (χ0v) is 39.1. The molecule has 0 radical (unpaired) electrons. The fraction of sp³-hybridized carbons (Fsp3) is 0.345. The summed E-state index contributed by atoms with van der Waals surface area (Å²) in [7, 11) is 0. The molecule has 67 heavy (non-hydrogen) atoms. The molecule has 2 fully saturated rings. The highest BCUT2D eigenvalue weighted by Crippen LogP contribution is 2.43. The number of aliphatic hydroxyl groups excluding tert-OH is 3. The van der Waals surface area contributed by atoms with Crippen molar-refractivity contribution in [2.24, 2.45) is 0 Å². The summed E-state index contributed by atoms with van der Waals surface area (Å²) in [5, 5.41) is 28.6. The highest BCUT2D eigenvalue weighted by atomic mass is 32.1. The second-order valence-electron chi connectivity index (χ2n) is 17.3. The van der Waals surface area contributed by atoms with Crippen molar-refractivity contribution < 1.29 is 43.2 Å². The second-order valence-corrected chi connectivity index (χ2v) is 18.5. The normalized spacial score (nSPS) is 19.7. The molecular weight excluding hydrogens is 871 g/mol. The maximum atomic E-state index is 14.2. The van der Waals surface area contributed by atoms with Crippen LogP contribution in [0.2, 0.25) is 0 Å². The van der Waals surface area contributed by atoms with Crippen LogP contribution < -0.4 is 0 Å². The first-order valence-corrected chi connectivity index (χ1v) is 24.0. The van der Waals surface area contributed by atoms with Gasteiger partial charge in [0.1, 0.15) is 22.8 Å². The Morgan fingerprint density at radius 3 is 1.66 bits per heavy atom. The molecule has 2 aliphatic heterocycles. The van der Waals surface area contributed by atoms with Gasteiger partial charge in [-0.3, -0.25) is 0 Å². The highest BCUT2D eigenvalue weighted by Gasteiger charge is 2.44. The quantitative estimate of drug-likeness (QED) is 0.0884. The first-order valence-electron chi connectivity index (χ1n) is 23.2. The summed E-state index contributed by atoms with van der Waals surface area (Å²) in [5.41, 5.74) is 4.52. The van der Waals surface area contributed by atoms with E-state index in [0.29, 0.717) is 69.2 Å². The number of nitrogens with zero attached hydrogens (tertiary/aromatic N) is 2. The van der Waals surface area contributed by atoms with Gasteiger partial charge < -0.3 is 34.6 Å². The van der Waals surface area contributed by atoms with E-state index < -0.39 is 28.9 Å². The van der Waals surface area contributed by atoms with E-state index in [0.717, 1.165) is 43.6 Å². The minimum Gasteiger partial charge on any atom is -0.438 e. The van der Waals surface area contributed by atoms with Gasteiger partial charge in [0, 0.05) is 60.5 Å². The molecule has 352 valence electrons. The molecule has 2 aliphatic rings. The van der Waals surface area contributed by atoms with E-state index in [1.54, 1.807) is 40.2 Å². The van der Waals surface area contributed by atoms with Gasteiger partial charge in [0.25, 0.3) is 0 Å². The highest BCUT2D eigenvalue weighted by molar-refractivity contribution is 7.15. The Kier molecular flexibility index (Phi) is 16.3. The van der Waals surface area contributed by atoms with Crippen LogP contribution in [0.5, 0.6) is 0 Å². The van der Waals surface area contributed by atoms with Crippen LogP contribution >= 0.6 is 11.3 Å². The molecule has 8 rings (SSSR count). The average molecular weight is 931 g/mol. The Hall–Kier alpha value is -5.92. The Balaban J connectivity index is 0.000000199. The van der Waals surface area contributed by atoms with Gasteiger partial charge in [0.2, 0.25) is 0 Å². The SMILES string of the molecule is CC(O)c1ccc(-c2ccc(C(C)N3CCC(CCCO)(c4ccccc4)OC3=O)cc2)s1.CCC(c1ccc(-c2ccc(F)cc2F)cc1)N1CCC(CCCO)(c2ccccc2)OC1=O. The molecule has 12 heteroatoms. The fourth-order valence-electron chi connectivity index (χ4n) is 9.32. The van der Waals surface area contributed by atoms with Gasteiger partial charge in [-0.05, 0) is 104 Å². The van der Waals surface area contributed by atoms with Crippen LogP contribution in [0, 0.1) is 11.6 Å². The molecule has 5 aromatic carbocycles. The van der Waals surface area contributed by atoms with Crippen molar-refractivity contribution in [3.8, 4) is 21.6 Å². The largest absolute Gasteiger partial charge is 0.438 e. The van der Waals surface area contributed by atoms with E-state index in [2.05, 4.69) is 24.3 Å². The third-order valence-corrected chi connectivity index (χ3v) is 14.4. The van der Waals surface area contributed by atoms with E-state index in [1.807, 2.05) is 98.8 Å². The van der Waals surface area contributed by atoms with Gasteiger partial charge in [-0.15, -0.1) is 11.3 Å². The zero-order valence-electron chi connectivity index (χ0n) is 38.3. The second kappa shape index (κ2) is 22.3. The van der Waals surface area contributed by atoms with Crippen LogP contribution in [-0.4, -0.2) is 63.6 Å². The Morgan fingerprint density at radius 1 is 0.657 bits per heavy atom. The maximum absolute atomic E-state index is 14.2. The molecule has 0 bridgehead atoms. The summed E-state index contributed by atoms with van der Waals surface area (Å²) in [6.45, 7) is 7.02. The van der Waals surface area contributed by atoms with Crippen LogP contribution in [0.3, 0.4) is 0 Å². The number of ether oxygens (including phenoxy) is 2. The first-order chi connectivity index (χ1) is 32.4. The lowest BCUT2D eigenvalue weighted by atomic mass is 9.84. The van der Waals surface area contributed by atoms with Crippen LogP contribution in [0.25, 0.3) is 21.6 Å². The number of rotatable bonds is 16. The van der Waals surface area contributed by atoms with Gasteiger partial charge in [-0.1, -0.05) is 116 Å². The molecule has 0 saturated carbocycles. The van der Waals surface area contributed by atoms with Gasteiger partial charge in [0.05, 0.1) is 18.2 Å². The number of benzene rings is 5. The Labute approximate surface area is 396 Å². The molecular formula is C55H60F2N2O7S. The van der Waals surface area contributed by atoms with Crippen molar-refractivity contribution in [1.82, 2.24) is 9.80 Å². The van der Waals surface area contributed by atoms with Crippen LogP contribution in [0.4, 0.5) is 18.4 Å². The number of amides is 2. The number of thiophene rings is 1. The maximum Gasteiger partial charge on any atom is 0.411 e. The van der Waals surface area contributed by atoms with Crippen LogP contribution in [-0.2, 0) is 20.7 Å². The van der Waals surface area contributed by atoms with E-state index in [4.69, 9.17) is 9.47 Å². The van der Waals surface area contributed by atoms with Gasteiger partial charge in [-0.2, -0.15) is 0 Å². The summed E-state index contributed by atoms with van der Waals surface area (Å²) in [6, 6.07) is 42.4. The van der Waals surface area contributed by atoms with Gasteiger partial charge in [-0.25, -0.2) is 18.4 Å². The summed E-state index contributed by atoms with van der Waals surface area (Å²) >= 11 is 1.59. The standard InChI is InChI=1S/C28H29F2NO3.C27H31NO4S/c1-2-26(21-11-9-20(10-12-21)24-14-13-23(29)19-25(24)30)31-17-16-28(15-6-18-32,34-27(31)33)22-7-4-3-5-8-22;1-19(21-9-11-22(12-10-21)25-14-13-24(33-25)20(2)30)28-17-16-27(15-6-18-29,32-26(28)31)23-7-4-3-5-8-23/h3-5,7-14,19,26,32H,2,6,15-18H2,1H3;3-5,7-14,19-20,29-30H,6,15-18H2,1-2H3. The van der Waals surface area contributed by atoms with Crippen molar-refractivity contribution >= 4 is 23.5 Å². The van der Waals surface area contributed by atoms with Crippen molar-refractivity contribution in [3.05, 3.63) is 178 Å². The van der Waals surface area contributed by atoms with Crippen molar-refractivity contribution in [2.45, 2.75) is 95.1 Å². The predicted molar refractivity (Wildman–Crippen MR) is 258 cm³/mol. The van der Waals surface area contributed by atoms with E-state index in [-0.39, 0.29) is 37.5 Å².